The number of rotatable bonds is 21. The largest absolute Gasteiger partial charge is 0.464 e. The highest BCUT2D eigenvalue weighted by Crippen LogP contribution is 2.14. The van der Waals surface area contributed by atoms with Crippen LogP contribution in [0.5, 0.6) is 0 Å². The van der Waals surface area contributed by atoms with Gasteiger partial charge in [-0.2, -0.15) is 0 Å². The molecule has 29 heavy (non-hydrogen) atoms. The second-order valence-electron chi connectivity index (χ2n) is 8.54. The lowest BCUT2D eigenvalue weighted by Gasteiger charge is -2.23. The zero-order valence-corrected chi connectivity index (χ0v) is 19.2. The summed E-state index contributed by atoms with van der Waals surface area (Å²) in [6.45, 7) is 4.29. The first kappa shape index (κ1) is 28.4. The van der Waals surface area contributed by atoms with Crippen molar-refractivity contribution >= 4 is 5.97 Å². The number of aliphatic hydroxyl groups excluding tert-OH is 2. The van der Waals surface area contributed by atoms with Crippen LogP contribution in [0.2, 0.25) is 0 Å². The highest BCUT2D eigenvalue weighted by atomic mass is 16.5. The van der Waals surface area contributed by atoms with Gasteiger partial charge in [0.15, 0.2) is 0 Å². The molecule has 0 aliphatic carbocycles. The number of carbonyl (C=O) groups excluding carboxylic acids is 1. The minimum Gasteiger partial charge on any atom is -0.464 e. The number of esters is 1. The van der Waals surface area contributed by atoms with Gasteiger partial charge in [-0.3, -0.25) is 4.79 Å². The summed E-state index contributed by atoms with van der Waals surface area (Å²) in [4.78, 5) is 11.6. The van der Waals surface area contributed by atoms with Crippen molar-refractivity contribution in [2.24, 2.45) is 5.73 Å². The van der Waals surface area contributed by atoms with Crippen LogP contribution in [-0.4, -0.2) is 41.0 Å². The van der Waals surface area contributed by atoms with Crippen molar-refractivity contribution in [1.29, 1.82) is 0 Å². The molecule has 174 valence electrons. The van der Waals surface area contributed by atoms with E-state index in [4.69, 9.17) is 10.5 Å². The quantitative estimate of drug-likeness (QED) is 0.176. The van der Waals surface area contributed by atoms with Crippen LogP contribution >= 0.6 is 0 Å². The average Bonchev–Trinajstić information content (AvgIpc) is 2.72. The number of aliphatic hydroxyl groups is 2. The summed E-state index contributed by atoms with van der Waals surface area (Å²) >= 11 is 0. The molecule has 0 heterocycles. The van der Waals surface area contributed by atoms with Gasteiger partial charge in [-0.15, -0.1) is 0 Å². The highest BCUT2D eigenvalue weighted by Gasteiger charge is 2.24. The lowest BCUT2D eigenvalue weighted by molar-refractivity contribution is -0.145. The minimum atomic E-state index is -1.05. The molecule has 0 spiro atoms. The van der Waals surface area contributed by atoms with Crippen molar-refractivity contribution in [2.75, 3.05) is 6.61 Å². The van der Waals surface area contributed by atoms with Crippen molar-refractivity contribution in [3.63, 3.8) is 0 Å². The standard InChI is InChI=1S/C24H49NO4/c1-3-5-7-8-9-10-11-12-13-14-15-17-18-22(26)24(28)21(25)20-29-23(27)19-16-6-4-2/h21-22,24,26,28H,3-20,25H2,1-2H3. The van der Waals surface area contributed by atoms with Gasteiger partial charge in [-0.25, -0.2) is 0 Å². The third-order valence-corrected chi connectivity index (χ3v) is 5.61. The van der Waals surface area contributed by atoms with Crippen molar-refractivity contribution in [3.8, 4) is 0 Å². The van der Waals surface area contributed by atoms with Gasteiger partial charge in [0, 0.05) is 6.42 Å². The van der Waals surface area contributed by atoms with E-state index >= 15 is 0 Å². The number of hydrogen-bond acceptors (Lipinski definition) is 5. The fraction of sp³-hybridized carbons (Fsp3) is 0.958. The SMILES string of the molecule is CCCCCCCCCCCCCCC(O)C(O)C(N)COC(=O)CCCCC. The van der Waals surface area contributed by atoms with E-state index in [1.807, 2.05) is 0 Å². The number of hydrogen-bond donors (Lipinski definition) is 3. The Morgan fingerprint density at radius 1 is 0.759 bits per heavy atom. The molecule has 5 heteroatoms. The number of carbonyl (C=O) groups is 1. The van der Waals surface area contributed by atoms with Crippen LogP contribution in [0.3, 0.4) is 0 Å². The molecule has 0 bridgehead atoms. The van der Waals surface area contributed by atoms with Crippen LogP contribution in [-0.2, 0) is 9.53 Å². The topological polar surface area (TPSA) is 92.8 Å². The summed E-state index contributed by atoms with van der Waals surface area (Å²) < 4.78 is 5.10. The van der Waals surface area contributed by atoms with Gasteiger partial charge in [-0.1, -0.05) is 104 Å². The molecule has 3 unspecified atom stereocenters. The van der Waals surface area contributed by atoms with Crippen molar-refractivity contribution in [2.45, 2.75) is 141 Å². The Kier molecular flexibility index (Phi) is 20.2. The summed E-state index contributed by atoms with van der Waals surface area (Å²) in [5, 5.41) is 20.2. The molecular formula is C24H49NO4. The first-order valence-corrected chi connectivity index (χ1v) is 12.3. The number of nitrogens with two attached hydrogens (primary N) is 1. The maximum Gasteiger partial charge on any atom is 0.305 e. The van der Waals surface area contributed by atoms with Gasteiger partial charge in [0.2, 0.25) is 0 Å². The van der Waals surface area contributed by atoms with Crippen LogP contribution in [0.4, 0.5) is 0 Å². The molecule has 0 saturated carbocycles. The summed E-state index contributed by atoms with van der Waals surface area (Å²) in [5.74, 6) is -0.281. The van der Waals surface area contributed by atoms with Crippen molar-refractivity contribution in [3.05, 3.63) is 0 Å². The normalized spacial score (nSPS) is 14.5. The third-order valence-electron chi connectivity index (χ3n) is 5.61. The van der Waals surface area contributed by atoms with E-state index in [1.54, 1.807) is 0 Å². The van der Waals surface area contributed by atoms with E-state index in [0.29, 0.717) is 12.8 Å². The highest BCUT2D eigenvalue weighted by molar-refractivity contribution is 5.69. The summed E-state index contributed by atoms with van der Waals surface area (Å²) in [7, 11) is 0. The van der Waals surface area contributed by atoms with Gasteiger partial charge in [0.05, 0.1) is 18.2 Å². The van der Waals surface area contributed by atoms with Gasteiger partial charge in [0.25, 0.3) is 0 Å². The van der Waals surface area contributed by atoms with E-state index in [0.717, 1.165) is 32.1 Å². The van der Waals surface area contributed by atoms with E-state index in [9.17, 15) is 15.0 Å². The van der Waals surface area contributed by atoms with Crippen molar-refractivity contribution in [1.82, 2.24) is 0 Å². The molecule has 0 aromatic rings. The second kappa shape index (κ2) is 20.6. The van der Waals surface area contributed by atoms with E-state index < -0.39 is 18.2 Å². The molecule has 0 amide bonds. The minimum absolute atomic E-state index is 0.0401. The summed E-state index contributed by atoms with van der Waals surface area (Å²) in [5.41, 5.74) is 5.87. The monoisotopic (exact) mass is 415 g/mol. The number of ether oxygens (including phenoxy) is 1. The predicted octanol–water partition coefficient (Wildman–Crippen LogP) is 5.25. The van der Waals surface area contributed by atoms with Gasteiger partial charge in [0.1, 0.15) is 6.61 Å². The zero-order chi connectivity index (χ0) is 21.7. The van der Waals surface area contributed by atoms with Crippen molar-refractivity contribution < 1.29 is 19.7 Å². The molecule has 0 aromatic carbocycles. The Morgan fingerprint density at radius 3 is 1.72 bits per heavy atom. The van der Waals surface area contributed by atoms with Gasteiger partial charge >= 0.3 is 5.97 Å². The van der Waals surface area contributed by atoms with E-state index in [-0.39, 0.29) is 12.6 Å². The summed E-state index contributed by atoms with van der Waals surface area (Å²) in [6.07, 6.45) is 17.1. The first-order valence-electron chi connectivity index (χ1n) is 12.3. The molecule has 0 rings (SSSR count). The molecule has 0 aliphatic heterocycles. The molecule has 0 saturated heterocycles. The summed E-state index contributed by atoms with van der Waals surface area (Å²) in [6, 6.07) is -0.738. The fourth-order valence-electron chi connectivity index (χ4n) is 3.53. The number of unbranched alkanes of at least 4 members (excludes halogenated alkanes) is 13. The maximum absolute atomic E-state index is 11.6. The Balaban J connectivity index is 3.58. The molecule has 3 atom stereocenters. The Morgan fingerprint density at radius 2 is 1.21 bits per heavy atom. The molecule has 0 radical (unpaired) electrons. The Bertz CT molecular complexity index is 365. The smallest absolute Gasteiger partial charge is 0.305 e. The second-order valence-corrected chi connectivity index (χ2v) is 8.54. The molecule has 0 aliphatic rings. The fourth-order valence-corrected chi connectivity index (χ4v) is 3.53. The Labute approximate surface area is 179 Å². The molecule has 4 N–H and O–H groups in total. The van der Waals surface area contributed by atoms with Crippen LogP contribution in [0, 0.1) is 0 Å². The zero-order valence-electron chi connectivity index (χ0n) is 19.2. The lowest BCUT2D eigenvalue weighted by Crippen LogP contribution is -2.46. The molecule has 0 aromatic heterocycles. The van der Waals surface area contributed by atoms with Gasteiger partial charge in [-0.05, 0) is 12.8 Å². The molecule has 5 nitrogen and oxygen atoms in total. The van der Waals surface area contributed by atoms with Crippen LogP contribution in [0.25, 0.3) is 0 Å². The van der Waals surface area contributed by atoms with Crippen LogP contribution in [0.15, 0.2) is 0 Å². The first-order chi connectivity index (χ1) is 14.0. The van der Waals surface area contributed by atoms with E-state index in [2.05, 4.69) is 13.8 Å². The predicted molar refractivity (Wildman–Crippen MR) is 121 cm³/mol. The average molecular weight is 416 g/mol. The Hall–Kier alpha value is -0.650. The lowest BCUT2D eigenvalue weighted by atomic mass is 10.00. The molecular weight excluding hydrogens is 366 g/mol. The van der Waals surface area contributed by atoms with E-state index in [1.165, 1.54) is 64.2 Å². The van der Waals surface area contributed by atoms with Gasteiger partial charge < -0.3 is 20.7 Å². The van der Waals surface area contributed by atoms with Crippen LogP contribution in [0.1, 0.15) is 123 Å². The van der Waals surface area contributed by atoms with Crippen LogP contribution < -0.4 is 5.73 Å². The maximum atomic E-state index is 11.6. The molecule has 0 fully saturated rings. The third kappa shape index (κ3) is 17.9.